The van der Waals surface area contributed by atoms with Crippen LogP contribution in [0.25, 0.3) is 11.4 Å². The molecular formula is C13H17N5. The summed E-state index contributed by atoms with van der Waals surface area (Å²) < 4.78 is 4.26. The fourth-order valence-corrected chi connectivity index (χ4v) is 2.58. The zero-order valence-electron chi connectivity index (χ0n) is 10.5. The molecular weight excluding hydrogens is 226 g/mol. The molecule has 0 aliphatic heterocycles. The Morgan fingerprint density at radius 1 is 1.28 bits per heavy atom. The number of hydrogen-bond donors (Lipinski definition) is 1. The number of nitrogens with zero attached hydrogens (tertiary/aromatic N) is 4. The van der Waals surface area contributed by atoms with E-state index in [1.54, 1.807) is 6.33 Å². The van der Waals surface area contributed by atoms with Gasteiger partial charge in [0, 0.05) is 19.0 Å². The van der Waals surface area contributed by atoms with Crippen molar-refractivity contribution in [2.75, 3.05) is 5.73 Å². The molecule has 2 aromatic heterocycles. The number of anilines is 1. The van der Waals surface area contributed by atoms with Gasteiger partial charge in [-0.2, -0.15) is 0 Å². The Morgan fingerprint density at radius 3 is 2.61 bits per heavy atom. The van der Waals surface area contributed by atoms with E-state index < -0.39 is 0 Å². The SMILES string of the molecule is Cn1cncc1-c1nc(C2CC2)n(C2CC2)c1N. The van der Waals surface area contributed by atoms with Gasteiger partial charge in [-0.1, -0.05) is 0 Å². The summed E-state index contributed by atoms with van der Waals surface area (Å²) in [4.78, 5) is 8.97. The van der Waals surface area contributed by atoms with Gasteiger partial charge in [0.25, 0.3) is 0 Å². The first kappa shape index (κ1) is 10.2. The van der Waals surface area contributed by atoms with Crippen LogP contribution in [-0.4, -0.2) is 19.1 Å². The molecule has 94 valence electrons. The highest BCUT2D eigenvalue weighted by atomic mass is 15.2. The van der Waals surface area contributed by atoms with Crippen molar-refractivity contribution in [2.24, 2.45) is 7.05 Å². The van der Waals surface area contributed by atoms with E-state index in [4.69, 9.17) is 10.7 Å². The van der Waals surface area contributed by atoms with Gasteiger partial charge in [0.2, 0.25) is 0 Å². The predicted molar refractivity (Wildman–Crippen MR) is 69.1 cm³/mol. The summed E-state index contributed by atoms with van der Waals surface area (Å²) in [5.41, 5.74) is 8.24. The number of imidazole rings is 2. The smallest absolute Gasteiger partial charge is 0.133 e. The maximum atomic E-state index is 6.33. The monoisotopic (exact) mass is 243 g/mol. The Balaban J connectivity index is 1.88. The largest absolute Gasteiger partial charge is 0.383 e. The van der Waals surface area contributed by atoms with Gasteiger partial charge in [0.1, 0.15) is 17.3 Å². The highest BCUT2D eigenvalue weighted by Crippen LogP contribution is 2.47. The third-order valence-electron chi connectivity index (χ3n) is 3.89. The van der Waals surface area contributed by atoms with E-state index >= 15 is 0 Å². The van der Waals surface area contributed by atoms with E-state index in [-0.39, 0.29) is 0 Å². The molecule has 4 rings (SSSR count). The van der Waals surface area contributed by atoms with E-state index in [0.29, 0.717) is 12.0 Å². The number of rotatable bonds is 3. The Hall–Kier alpha value is -1.78. The first-order chi connectivity index (χ1) is 8.75. The summed E-state index contributed by atoms with van der Waals surface area (Å²) in [7, 11) is 1.98. The topological polar surface area (TPSA) is 61.7 Å². The van der Waals surface area contributed by atoms with Crippen LogP contribution in [0.4, 0.5) is 5.82 Å². The van der Waals surface area contributed by atoms with Gasteiger partial charge < -0.3 is 14.9 Å². The van der Waals surface area contributed by atoms with Crippen LogP contribution in [0, 0.1) is 0 Å². The molecule has 2 fully saturated rings. The van der Waals surface area contributed by atoms with Crippen molar-refractivity contribution >= 4 is 5.82 Å². The van der Waals surface area contributed by atoms with Crippen molar-refractivity contribution in [1.29, 1.82) is 0 Å². The highest BCUT2D eigenvalue weighted by molar-refractivity contribution is 5.68. The van der Waals surface area contributed by atoms with Crippen molar-refractivity contribution in [3.05, 3.63) is 18.3 Å². The van der Waals surface area contributed by atoms with Gasteiger partial charge >= 0.3 is 0 Å². The first-order valence-electron chi connectivity index (χ1n) is 6.60. The van der Waals surface area contributed by atoms with Crippen molar-refractivity contribution < 1.29 is 0 Å². The Kier molecular flexibility index (Phi) is 1.90. The fourth-order valence-electron chi connectivity index (χ4n) is 2.58. The maximum Gasteiger partial charge on any atom is 0.133 e. The molecule has 0 bridgehead atoms. The summed E-state index contributed by atoms with van der Waals surface area (Å²) in [6.45, 7) is 0. The van der Waals surface area contributed by atoms with Crippen molar-refractivity contribution in [2.45, 2.75) is 37.6 Å². The average molecular weight is 243 g/mol. The zero-order chi connectivity index (χ0) is 12.3. The molecule has 5 heteroatoms. The van der Waals surface area contributed by atoms with E-state index in [0.717, 1.165) is 17.2 Å². The van der Waals surface area contributed by atoms with E-state index in [9.17, 15) is 0 Å². The summed E-state index contributed by atoms with van der Waals surface area (Å²) in [5, 5.41) is 0. The van der Waals surface area contributed by atoms with Crippen molar-refractivity contribution in [1.82, 2.24) is 19.1 Å². The summed E-state index contributed by atoms with van der Waals surface area (Å²) in [6, 6.07) is 0.593. The number of aromatic nitrogens is 4. The van der Waals surface area contributed by atoms with Crippen LogP contribution in [0.15, 0.2) is 12.5 Å². The molecule has 0 spiro atoms. The van der Waals surface area contributed by atoms with Crippen LogP contribution >= 0.6 is 0 Å². The van der Waals surface area contributed by atoms with E-state index in [1.807, 2.05) is 17.8 Å². The highest BCUT2D eigenvalue weighted by Gasteiger charge is 2.36. The molecule has 2 heterocycles. The second kappa shape index (κ2) is 3.37. The lowest BCUT2D eigenvalue weighted by Crippen LogP contribution is -2.04. The molecule has 2 N–H and O–H groups in total. The molecule has 0 aromatic carbocycles. The number of aryl methyl sites for hydroxylation is 1. The fraction of sp³-hybridized carbons (Fsp3) is 0.538. The molecule has 2 aliphatic rings. The maximum absolute atomic E-state index is 6.33. The summed E-state index contributed by atoms with van der Waals surface area (Å²) in [5.74, 6) is 2.66. The van der Waals surface area contributed by atoms with Crippen LogP contribution in [-0.2, 0) is 7.05 Å². The minimum Gasteiger partial charge on any atom is -0.383 e. The van der Waals surface area contributed by atoms with Crippen LogP contribution in [0.3, 0.4) is 0 Å². The van der Waals surface area contributed by atoms with Gasteiger partial charge in [-0.15, -0.1) is 0 Å². The standard InChI is InChI=1S/C13H17N5/c1-17-7-15-6-10(17)11-12(14)18(9-4-5-9)13(16-11)8-2-3-8/h6-9H,2-5,14H2,1H3. The number of nitrogens with two attached hydrogens (primary N) is 1. The Bertz CT molecular complexity index is 601. The normalized spacial score (nSPS) is 19.4. The average Bonchev–Trinajstić information content (AvgIpc) is 3.25. The predicted octanol–water partition coefficient (Wildman–Crippen LogP) is 2.08. The second-order valence-corrected chi connectivity index (χ2v) is 5.47. The van der Waals surface area contributed by atoms with Crippen LogP contribution in [0.1, 0.15) is 43.5 Å². The molecule has 2 aliphatic carbocycles. The third-order valence-corrected chi connectivity index (χ3v) is 3.89. The Morgan fingerprint density at radius 2 is 2.06 bits per heavy atom. The number of nitrogen functional groups attached to an aromatic ring is 1. The molecule has 2 aromatic rings. The van der Waals surface area contributed by atoms with E-state index in [2.05, 4.69) is 9.55 Å². The van der Waals surface area contributed by atoms with Crippen LogP contribution in [0.2, 0.25) is 0 Å². The molecule has 0 atom stereocenters. The number of hydrogen-bond acceptors (Lipinski definition) is 3. The van der Waals surface area contributed by atoms with Crippen molar-refractivity contribution in [3.63, 3.8) is 0 Å². The molecule has 0 saturated heterocycles. The van der Waals surface area contributed by atoms with Gasteiger partial charge in [0.15, 0.2) is 0 Å². The minimum atomic E-state index is 0.593. The van der Waals surface area contributed by atoms with Crippen LogP contribution < -0.4 is 5.73 Å². The summed E-state index contributed by atoms with van der Waals surface area (Å²) in [6.07, 6.45) is 8.63. The zero-order valence-corrected chi connectivity index (χ0v) is 10.5. The molecule has 0 radical (unpaired) electrons. The molecule has 0 unspecified atom stereocenters. The van der Waals surface area contributed by atoms with Gasteiger partial charge in [-0.25, -0.2) is 9.97 Å². The molecule has 18 heavy (non-hydrogen) atoms. The van der Waals surface area contributed by atoms with Gasteiger partial charge in [-0.3, -0.25) is 0 Å². The summed E-state index contributed by atoms with van der Waals surface area (Å²) >= 11 is 0. The lowest BCUT2D eigenvalue weighted by molar-refractivity contribution is 0.691. The van der Waals surface area contributed by atoms with Crippen molar-refractivity contribution in [3.8, 4) is 11.4 Å². The van der Waals surface area contributed by atoms with Gasteiger partial charge in [0.05, 0.1) is 18.2 Å². The Labute approximate surface area is 106 Å². The lowest BCUT2D eigenvalue weighted by Gasteiger charge is -2.07. The van der Waals surface area contributed by atoms with Crippen LogP contribution in [0.5, 0.6) is 0 Å². The lowest BCUT2D eigenvalue weighted by atomic mass is 10.3. The van der Waals surface area contributed by atoms with E-state index in [1.165, 1.54) is 31.5 Å². The molecule has 2 saturated carbocycles. The molecule has 0 amide bonds. The minimum absolute atomic E-state index is 0.593. The first-order valence-corrected chi connectivity index (χ1v) is 6.60. The quantitative estimate of drug-likeness (QED) is 0.897. The molecule has 5 nitrogen and oxygen atoms in total. The van der Waals surface area contributed by atoms with Gasteiger partial charge in [-0.05, 0) is 25.7 Å². The third kappa shape index (κ3) is 1.39. The second-order valence-electron chi connectivity index (χ2n) is 5.47.